The average molecular weight is 248 g/mol. The topological polar surface area (TPSA) is 0 Å². The van der Waals surface area contributed by atoms with E-state index in [1.807, 2.05) is 6.07 Å². The van der Waals surface area contributed by atoms with Gasteiger partial charge in [-0.25, -0.2) is 0 Å². The van der Waals surface area contributed by atoms with Crippen LogP contribution in [0, 0.1) is 6.92 Å². The molecule has 1 aromatic rings. The Kier molecular flexibility index (Phi) is 3.19. The van der Waals surface area contributed by atoms with Gasteiger partial charge in [-0.2, -0.15) is 0 Å². The summed E-state index contributed by atoms with van der Waals surface area (Å²) in [6.45, 7) is 6.37. The number of halogens is 2. The Morgan fingerprint density at radius 1 is 1.33 bits per heavy atom. The van der Waals surface area contributed by atoms with Crippen molar-refractivity contribution in [3.63, 3.8) is 0 Å². The first-order valence-electron chi connectivity index (χ1n) is 3.98. The number of hydrogen-bond acceptors (Lipinski definition) is 0. The maximum atomic E-state index is 6.07. The fraction of sp³-hybridized carbons (Fsp3) is 0.400. The monoisotopic (exact) mass is 246 g/mol. The van der Waals surface area contributed by atoms with Crippen LogP contribution in [0.1, 0.15) is 30.9 Å². The number of rotatable bonds is 1. The molecule has 0 aliphatic heterocycles. The highest BCUT2D eigenvalue weighted by molar-refractivity contribution is 9.10. The lowest BCUT2D eigenvalue weighted by Gasteiger charge is -2.10. The molecule has 0 nitrogen and oxygen atoms in total. The van der Waals surface area contributed by atoms with Gasteiger partial charge >= 0.3 is 0 Å². The van der Waals surface area contributed by atoms with E-state index in [-0.39, 0.29) is 0 Å². The molecule has 66 valence electrons. The zero-order valence-corrected chi connectivity index (χ0v) is 9.83. The molecule has 0 saturated carbocycles. The van der Waals surface area contributed by atoms with Gasteiger partial charge in [0.05, 0.1) is 0 Å². The quantitative estimate of drug-likeness (QED) is 0.684. The minimum Gasteiger partial charge on any atom is -0.0840 e. The third-order valence-electron chi connectivity index (χ3n) is 1.90. The molecule has 0 aliphatic rings. The minimum absolute atomic E-state index is 0.490. The Hall–Kier alpha value is -0.0100. The van der Waals surface area contributed by atoms with E-state index < -0.39 is 0 Å². The van der Waals surface area contributed by atoms with Gasteiger partial charge in [0.2, 0.25) is 0 Å². The lowest BCUT2D eigenvalue weighted by molar-refractivity contribution is 0.864. The molecule has 0 heterocycles. The average Bonchev–Trinajstić information content (AvgIpc) is 1.96. The Bertz CT molecular complexity index is 292. The SMILES string of the molecule is Cc1cc(C(C)C)c(Cl)cc1Br. The summed E-state index contributed by atoms with van der Waals surface area (Å²) in [7, 11) is 0. The minimum atomic E-state index is 0.490. The van der Waals surface area contributed by atoms with Crippen LogP contribution in [-0.2, 0) is 0 Å². The molecule has 12 heavy (non-hydrogen) atoms. The molecule has 0 atom stereocenters. The largest absolute Gasteiger partial charge is 0.0840 e. The second-order valence-electron chi connectivity index (χ2n) is 3.28. The normalized spacial score (nSPS) is 10.8. The van der Waals surface area contributed by atoms with Crippen LogP contribution in [-0.4, -0.2) is 0 Å². The van der Waals surface area contributed by atoms with E-state index in [2.05, 4.69) is 42.8 Å². The maximum Gasteiger partial charge on any atom is 0.0452 e. The molecule has 0 aromatic heterocycles. The van der Waals surface area contributed by atoms with Gasteiger partial charge < -0.3 is 0 Å². The molecule has 1 aromatic carbocycles. The van der Waals surface area contributed by atoms with Crippen molar-refractivity contribution in [3.05, 3.63) is 32.8 Å². The zero-order valence-electron chi connectivity index (χ0n) is 7.49. The molecule has 1 rings (SSSR count). The van der Waals surface area contributed by atoms with Crippen molar-refractivity contribution in [2.45, 2.75) is 26.7 Å². The van der Waals surface area contributed by atoms with Crippen molar-refractivity contribution in [1.82, 2.24) is 0 Å². The first-order valence-corrected chi connectivity index (χ1v) is 5.15. The Morgan fingerprint density at radius 2 is 1.92 bits per heavy atom. The molecule has 0 aliphatic carbocycles. The number of aryl methyl sites for hydroxylation is 1. The summed E-state index contributed by atoms with van der Waals surface area (Å²) in [4.78, 5) is 0. The third kappa shape index (κ3) is 2.02. The second kappa shape index (κ2) is 3.80. The Labute approximate surface area is 87.1 Å². The summed E-state index contributed by atoms with van der Waals surface area (Å²) >= 11 is 9.51. The molecule has 0 amide bonds. The highest BCUT2D eigenvalue weighted by Gasteiger charge is 2.06. The lowest BCUT2D eigenvalue weighted by atomic mass is 10.0. The molecule has 0 saturated heterocycles. The van der Waals surface area contributed by atoms with E-state index in [1.54, 1.807) is 0 Å². The standard InChI is InChI=1S/C10H12BrCl/c1-6(2)8-4-7(3)9(11)5-10(8)12/h4-6H,1-3H3. The second-order valence-corrected chi connectivity index (χ2v) is 4.54. The highest BCUT2D eigenvalue weighted by Crippen LogP contribution is 2.29. The summed E-state index contributed by atoms with van der Waals surface area (Å²) in [5.41, 5.74) is 2.46. The van der Waals surface area contributed by atoms with Crippen LogP contribution in [0.15, 0.2) is 16.6 Å². The van der Waals surface area contributed by atoms with Crippen molar-refractivity contribution in [1.29, 1.82) is 0 Å². The molecule has 0 spiro atoms. The predicted molar refractivity (Wildman–Crippen MR) is 58.0 cm³/mol. The first kappa shape index (κ1) is 10.1. The zero-order chi connectivity index (χ0) is 9.30. The first-order chi connectivity index (χ1) is 5.52. The third-order valence-corrected chi connectivity index (χ3v) is 3.08. The molecular formula is C10H12BrCl. The van der Waals surface area contributed by atoms with E-state index in [4.69, 9.17) is 11.6 Å². The Balaban J connectivity index is 3.23. The summed E-state index contributed by atoms with van der Waals surface area (Å²) < 4.78 is 1.08. The lowest BCUT2D eigenvalue weighted by Crippen LogP contribution is -1.90. The van der Waals surface area contributed by atoms with Crippen molar-refractivity contribution in [2.75, 3.05) is 0 Å². The van der Waals surface area contributed by atoms with Crippen molar-refractivity contribution < 1.29 is 0 Å². The van der Waals surface area contributed by atoms with E-state index in [9.17, 15) is 0 Å². The molecule has 2 heteroatoms. The summed E-state index contributed by atoms with van der Waals surface area (Å²) in [5, 5.41) is 0.850. The van der Waals surface area contributed by atoms with Gasteiger partial charge in [-0.1, -0.05) is 47.4 Å². The molecule has 0 unspecified atom stereocenters. The van der Waals surface area contributed by atoms with Crippen LogP contribution in [0.3, 0.4) is 0 Å². The molecule has 0 bridgehead atoms. The van der Waals surface area contributed by atoms with Crippen LogP contribution < -0.4 is 0 Å². The molecular weight excluding hydrogens is 235 g/mol. The summed E-state index contributed by atoms with van der Waals surface area (Å²) in [5.74, 6) is 0.490. The predicted octanol–water partition coefficient (Wildman–Crippen LogP) is 4.53. The van der Waals surface area contributed by atoms with E-state index in [0.29, 0.717) is 5.92 Å². The smallest absolute Gasteiger partial charge is 0.0452 e. The highest BCUT2D eigenvalue weighted by atomic mass is 79.9. The van der Waals surface area contributed by atoms with Crippen molar-refractivity contribution in [3.8, 4) is 0 Å². The van der Waals surface area contributed by atoms with Crippen LogP contribution >= 0.6 is 27.5 Å². The van der Waals surface area contributed by atoms with Gasteiger partial charge in [-0.05, 0) is 30.0 Å². The summed E-state index contributed by atoms with van der Waals surface area (Å²) in [6.07, 6.45) is 0. The number of benzene rings is 1. The van der Waals surface area contributed by atoms with Gasteiger partial charge in [-0.15, -0.1) is 0 Å². The van der Waals surface area contributed by atoms with E-state index in [1.165, 1.54) is 11.1 Å². The fourth-order valence-corrected chi connectivity index (χ4v) is 1.98. The van der Waals surface area contributed by atoms with Gasteiger partial charge in [0, 0.05) is 9.50 Å². The Morgan fingerprint density at radius 3 is 2.42 bits per heavy atom. The van der Waals surface area contributed by atoms with Gasteiger partial charge in [0.15, 0.2) is 0 Å². The molecule has 0 radical (unpaired) electrons. The van der Waals surface area contributed by atoms with Crippen LogP contribution in [0.5, 0.6) is 0 Å². The maximum absolute atomic E-state index is 6.07. The molecule has 0 N–H and O–H groups in total. The number of hydrogen-bond donors (Lipinski definition) is 0. The van der Waals surface area contributed by atoms with E-state index >= 15 is 0 Å². The summed E-state index contributed by atoms with van der Waals surface area (Å²) in [6, 6.07) is 4.10. The van der Waals surface area contributed by atoms with Crippen molar-refractivity contribution in [2.24, 2.45) is 0 Å². The van der Waals surface area contributed by atoms with Crippen LogP contribution in [0.25, 0.3) is 0 Å². The van der Waals surface area contributed by atoms with Crippen LogP contribution in [0.2, 0.25) is 5.02 Å². The fourth-order valence-electron chi connectivity index (χ4n) is 1.12. The van der Waals surface area contributed by atoms with Crippen LogP contribution in [0.4, 0.5) is 0 Å². The van der Waals surface area contributed by atoms with Gasteiger partial charge in [0.25, 0.3) is 0 Å². The van der Waals surface area contributed by atoms with Gasteiger partial charge in [-0.3, -0.25) is 0 Å². The van der Waals surface area contributed by atoms with Gasteiger partial charge in [0.1, 0.15) is 0 Å². The van der Waals surface area contributed by atoms with Crippen molar-refractivity contribution >= 4 is 27.5 Å². The molecule has 0 fully saturated rings. The van der Waals surface area contributed by atoms with E-state index in [0.717, 1.165) is 9.50 Å².